The molecule has 14 heavy (non-hydrogen) atoms. The fraction of sp³-hybridized carbons (Fsp3) is 0.100. The van der Waals surface area contributed by atoms with E-state index in [1.807, 2.05) is 31.2 Å². The van der Waals surface area contributed by atoms with Crippen LogP contribution in [0.4, 0.5) is 0 Å². The van der Waals surface area contributed by atoms with Gasteiger partial charge < -0.3 is 0 Å². The summed E-state index contributed by atoms with van der Waals surface area (Å²) in [5.41, 5.74) is 2.93. The predicted molar refractivity (Wildman–Crippen MR) is 59.4 cm³/mol. The maximum Gasteiger partial charge on any atom is 0.249 e. The van der Waals surface area contributed by atoms with Crippen LogP contribution in [0.5, 0.6) is 0 Å². The summed E-state index contributed by atoms with van der Waals surface area (Å²) in [6.45, 7) is 2.01. The lowest BCUT2D eigenvalue weighted by molar-refractivity contribution is 0.701. The maximum atomic E-state index is 10.5. The van der Waals surface area contributed by atoms with Crippen molar-refractivity contribution in [1.29, 1.82) is 0 Å². The minimum absolute atomic E-state index is 0.281. The van der Waals surface area contributed by atoms with E-state index in [2.05, 4.69) is 9.98 Å². The predicted octanol–water partition coefficient (Wildman–Crippen LogP) is 1.17. The van der Waals surface area contributed by atoms with E-state index in [1.165, 1.54) is 0 Å². The third-order valence-electron chi connectivity index (χ3n) is 2.01. The molecule has 3 nitrogen and oxygen atoms in total. The largest absolute Gasteiger partial charge is 0.249 e. The molecular formula is C10H8N2OS. The Morgan fingerprint density at radius 1 is 1.29 bits per heavy atom. The van der Waals surface area contributed by atoms with E-state index in [0.717, 1.165) is 16.8 Å². The first-order chi connectivity index (χ1) is 6.81. The first kappa shape index (κ1) is 9.02. The van der Waals surface area contributed by atoms with Crippen molar-refractivity contribution in [3.63, 3.8) is 0 Å². The molecule has 0 saturated carbocycles. The second-order valence-corrected chi connectivity index (χ2v) is 3.47. The van der Waals surface area contributed by atoms with E-state index in [-0.39, 0.29) is 5.11 Å². The lowest BCUT2D eigenvalue weighted by Crippen LogP contribution is -2.01. The lowest BCUT2D eigenvalue weighted by Gasteiger charge is -2.00. The molecule has 0 amide bonds. The van der Waals surface area contributed by atoms with Crippen LogP contribution >= 0.6 is 0 Å². The highest BCUT2D eigenvalue weighted by Gasteiger charge is 2.10. The van der Waals surface area contributed by atoms with Crippen LogP contribution in [-0.4, -0.2) is 21.2 Å². The van der Waals surface area contributed by atoms with Crippen LogP contribution in [-0.2, 0) is 11.3 Å². The smallest absolute Gasteiger partial charge is 0.223 e. The zero-order valence-electron chi connectivity index (χ0n) is 7.60. The molecule has 1 aliphatic rings. The van der Waals surface area contributed by atoms with Gasteiger partial charge in [0.1, 0.15) is 11.3 Å². The zero-order valence-corrected chi connectivity index (χ0v) is 8.41. The minimum Gasteiger partial charge on any atom is -0.223 e. The van der Waals surface area contributed by atoms with E-state index in [9.17, 15) is 4.21 Å². The summed E-state index contributed by atoms with van der Waals surface area (Å²) >= 11 is 0.318. The molecule has 0 aromatic heterocycles. The Kier molecular flexibility index (Phi) is 2.37. The van der Waals surface area contributed by atoms with Crippen molar-refractivity contribution in [3.8, 4) is 0 Å². The van der Waals surface area contributed by atoms with Crippen molar-refractivity contribution in [2.75, 3.05) is 0 Å². The second-order valence-electron chi connectivity index (χ2n) is 2.94. The highest BCUT2D eigenvalue weighted by molar-refractivity contribution is 7.66. The number of hydrogen-bond donors (Lipinski definition) is 0. The molecule has 0 bridgehead atoms. The van der Waals surface area contributed by atoms with Gasteiger partial charge in [0.05, 0.1) is 11.9 Å². The molecule has 0 aliphatic carbocycles. The first-order valence-corrected chi connectivity index (χ1v) is 4.91. The van der Waals surface area contributed by atoms with Gasteiger partial charge in [-0.1, -0.05) is 24.3 Å². The number of hydrogen-bond acceptors (Lipinski definition) is 1. The highest BCUT2D eigenvalue weighted by Crippen LogP contribution is 2.10. The monoisotopic (exact) mass is 204 g/mol. The Labute approximate surface area is 85.3 Å². The van der Waals surface area contributed by atoms with Crippen molar-refractivity contribution in [3.05, 3.63) is 35.4 Å². The molecular weight excluding hydrogens is 196 g/mol. The first-order valence-electron chi connectivity index (χ1n) is 4.17. The van der Waals surface area contributed by atoms with E-state index in [0.29, 0.717) is 11.3 Å². The van der Waals surface area contributed by atoms with Gasteiger partial charge >= 0.3 is 0 Å². The number of benzene rings is 1. The van der Waals surface area contributed by atoms with Crippen LogP contribution < -0.4 is 0 Å². The second kappa shape index (κ2) is 3.67. The summed E-state index contributed by atoms with van der Waals surface area (Å²) in [7, 11) is 0. The van der Waals surface area contributed by atoms with Gasteiger partial charge in [0.2, 0.25) is 5.11 Å². The molecule has 1 aromatic carbocycles. The number of rotatable bonds is 1. The van der Waals surface area contributed by atoms with Gasteiger partial charge in [-0.15, -0.1) is 0 Å². The zero-order chi connectivity index (χ0) is 9.97. The molecule has 1 heterocycles. The van der Waals surface area contributed by atoms with Gasteiger partial charge in [0.25, 0.3) is 0 Å². The standard InChI is InChI=1S/C10H8N2OS/c1-7-4-2-3-5-8(7)9-6-11-10(12-9)14-13/h2-6H,1H3. The van der Waals surface area contributed by atoms with Gasteiger partial charge in [-0.2, -0.15) is 0 Å². The SMILES string of the molecule is Cc1ccccc1C1=NC(=S=O)N=C1. The number of nitrogens with zero attached hydrogens (tertiary/aromatic N) is 2. The van der Waals surface area contributed by atoms with Gasteiger partial charge in [-0.05, 0) is 12.5 Å². The van der Waals surface area contributed by atoms with Crippen LogP contribution in [0, 0.1) is 6.92 Å². The van der Waals surface area contributed by atoms with Crippen LogP contribution in [0.15, 0.2) is 34.3 Å². The normalized spacial score (nSPS) is 14.4. The average molecular weight is 204 g/mol. The molecule has 0 N–H and O–H groups in total. The van der Waals surface area contributed by atoms with Crippen molar-refractivity contribution < 1.29 is 4.21 Å². The van der Waals surface area contributed by atoms with E-state index >= 15 is 0 Å². The number of aryl methyl sites for hydroxylation is 1. The summed E-state index contributed by atoms with van der Waals surface area (Å²) in [6.07, 6.45) is 1.63. The molecule has 1 aliphatic heterocycles. The fourth-order valence-corrected chi connectivity index (χ4v) is 1.54. The lowest BCUT2D eigenvalue weighted by atomic mass is 10.1. The Morgan fingerprint density at radius 2 is 2.07 bits per heavy atom. The molecule has 0 spiro atoms. The van der Waals surface area contributed by atoms with Gasteiger partial charge in [0.15, 0.2) is 0 Å². The Balaban J connectivity index is 2.49. The van der Waals surface area contributed by atoms with E-state index in [1.54, 1.807) is 6.21 Å². The molecule has 0 radical (unpaired) electrons. The summed E-state index contributed by atoms with van der Waals surface area (Å²) < 4.78 is 10.5. The van der Waals surface area contributed by atoms with Crippen LogP contribution in [0.2, 0.25) is 0 Å². The molecule has 0 saturated heterocycles. The third kappa shape index (κ3) is 1.56. The molecule has 1 aromatic rings. The van der Waals surface area contributed by atoms with Crippen molar-refractivity contribution in [1.82, 2.24) is 0 Å². The summed E-state index contributed by atoms with van der Waals surface area (Å²) in [6, 6.07) is 7.89. The molecule has 0 fully saturated rings. The summed E-state index contributed by atoms with van der Waals surface area (Å²) in [5.74, 6) is 0. The van der Waals surface area contributed by atoms with Crippen molar-refractivity contribution in [2.24, 2.45) is 9.98 Å². The van der Waals surface area contributed by atoms with Crippen LogP contribution in [0.25, 0.3) is 0 Å². The fourth-order valence-electron chi connectivity index (χ4n) is 1.31. The van der Waals surface area contributed by atoms with Crippen molar-refractivity contribution >= 4 is 28.3 Å². The van der Waals surface area contributed by atoms with Crippen LogP contribution in [0.1, 0.15) is 11.1 Å². The summed E-state index contributed by atoms with van der Waals surface area (Å²) in [4.78, 5) is 7.99. The molecule has 0 atom stereocenters. The van der Waals surface area contributed by atoms with Crippen molar-refractivity contribution in [2.45, 2.75) is 6.92 Å². The molecule has 4 heteroatoms. The molecule has 70 valence electrons. The third-order valence-corrected chi connectivity index (χ3v) is 2.35. The Morgan fingerprint density at radius 3 is 2.71 bits per heavy atom. The average Bonchev–Trinajstić information content (AvgIpc) is 2.67. The topological polar surface area (TPSA) is 41.8 Å². The highest BCUT2D eigenvalue weighted by atomic mass is 32.1. The maximum absolute atomic E-state index is 10.5. The Bertz CT molecular complexity index is 485. The molecule has 0 unspecified atom stereocenters. The Hall–Kier alpha value is -1.55. The molecule has 2 rings (SSSR count). The van der Waals surface area contributed by atoms with Gasteiger partial charge in [0, 0.05) is 5.56 Å². The van der Waals surface area contributed by atoms with Crippen LogP contribution in [0.3, 0.4) is 0 Å². The summed E-state index contributed by atoms with van der Waals surface area (Å²) in [5, 5.41) is 0.281. The van der Waals surface area contributed by atoms with E-state index in [4.69, 9.17) is 0 Å². The van der Waals surface area contributed by atoms with Gasteiger partial charge in [-0.25, -0.2) is 14.2 Å². The van der Waals surface area contributed by atoms with Gasteiger partial charge in [-0.3, -0.25) is 0 Å². The quantitative estimate of drug-likeness (QED) is 0.633. The van der Waals surface area contributed by atoms with E-state index < -0.39 is 0 Å². The number of aliphatic imine (C=N–C) groups is 2. The minimum atomic E-state index is 0.281.